The molecule has 0 unspecified atom stereocenters. The molecule has 0 radical (unpaired) electrons. The summed E-state index contributed by atoms with van der Waals surface area (Å²) in [4.78, 5) is 33.3. The van der Waals surface area contributed by atoms with E-state index in [1.807, 2.05) is 0 Å². The van der Waals surface area contributed by atoms with Gasteiger partial charge in [-0.25, -0.2) is 5.10 Å². The fourth-order valence-corrected chi connectivity index (χ4v) is 1.61. The highest BCUT2D eigenvalue weighted by Crippen LogP contribution is 2.39. The number of nitro groups is 3. The molecule has 1 heterocycles. The van der Waals surface area contributed by atoms with Crippen LogP contribution in [0.2, 0.25) is 0 Å². The molecule has 0 spiro atoms. The normalized spacial score (nSPS) is 10.3. The summed E-state index contributed by atoms with van der Waals surface area (Å²) in [5, 5.41) is 38.4. The molecule has 1 aromatic carbocycles. The molecule has 2 rings (SSSR count). The van der Waals surface area contributed by atoms with Crippen molar-refractivity contribution in [3.8, 4) is 11.4 Å². The summed E-state index contributed by atoms with van der Waals surface area (Å²) in [7, 11) is 0. The van der Waals surface area contributed by atoms with E-state index in [0.29, 0.717) is 12.1 Å². The summed E-state index contributed by atoms with van der Waals surface area (Å²) >= 11 is 0. The van der Waals surface area contributed by atoms with Gasteiger partial charge < -0.3 is 5.73 Å². The Morgan fingerprint density at radius 1 is 1.00 bits per heavy atom. The zero-order chi connectivity index (χ0) is 15.7. The largest absolute Gasteiger partial charge is 0.368 e. The first-order valence-corrected chi connectivity index (χ1v) is 5.10. The molecule has 3 N–H and O–H groups in total. The van der Waals surface area contributed by atoms with Crippen molar-refractivity contribution >= 4 is 23.0 Å². The number of anilines is 1. The van der Waals surface area contributed by atoms with Crippen molar-refractivity contribution in [2.24, 2.45) is 0 Å². The standard InChI is InChI=1S/C8H5N7O6/c9-8-10-7(11-12-8)6-4(14(18)19)1-3(13(16)17)2-5(6)15(20)21/h1-2H,(H3,9,10,11,12). The van der Waals surface area contributed by atoms with Gasteiger partial charge in [-0.1, -0.05) is 0 Å². The van der Waals surface area contributed by atoms with Gasteiger partial charge in [0.05, 0.1) is 26.9 Å². The molecule has 13 heteroatoms. The molecular formula is C8H5N7O6. The number of H-pyrrole nitrogens is 1. The maximum atomic E-state index is 11.0. The quantitative estimate of drug-likeness (QED) is 0.604. The number of nitrogens with two attached hydrogens (primary N) is 1. The van der Waals surface area contributed by atoms with E-state index in [9.17, 15) is 30.3 Å². The highest BCUT2D eigenvalue weighted by molar-refractivity contribution is 5.80. The van der Waals surface area contributed by atoms with Crippen LogP contribution in [0.3, 0.4) is 0 Å². The number of rotatable bonds is 4. The monoisotopic (exact) mass is 295 g/mol. The maximum Gasteiger partial charge on any atom is 0.294 e. The van der Waals surface area contributed by atoms with Crippen molar-refractivity contribution in [3.63, 3.8) is 0 Å². The van der Waals surface area contributed by atoms with Crippen LogP contribution in [0, 0.1) is 30.3 Å². The summed E-state index contributed by atoms with van der Waals surface area (Å²) in [6.07, 6.45) is 0. The van der Waals surface area contributed by atoms with Gasteiger partial charge in [0.1, 0.15) is 0 Å². The van der Waals surface area contributed by atoms with Gasteiger partial charge in [0.2, 0.25) is 5.95 Å². The van der Waals surface area contributed by atoms with Crippen molar-refractivity contribution in [2.75, 3.05) is 5.73 Å². The molecule has 1 aromatic heterocycles. The van der Waals surface area contributed by atoms with Crippen LogP contribution in [0.4, 0.5) is 23.0 Å². The summed E-state index contributed by atoms with van der Waals surface area (Å²) in [5.41, 5.74) is 2.18. The number of benzene rings is 1. The Kier molecular flexibility index (Phi) is 3.15. The maximum absolute atomic E-state index is 11.0. The fraction of sp³-hybridized carbons (Fsp3) is 0. The highest BCUT2D eigenvalue weighted by atomic mass is 16.6. The first kappa shape index (κ1) is 13.8. The molecule has 0 aliphatic heterocycles. The summed E-state index contributed by atoms with van der Waals surface area (Å²) < 4.78 is 0. The van der Waals surface area contributed by atoms with E-state index in [0.717, 1.165) is 0 Å². The lowest BCUT2D eigenvalue weighted by Crippen LogP contribution is -2.01. The molecule has 0 saturated heterocycles. The lowest BCUT2D eigenvalue weighted by atomic mass is 10.1. The average Bonchev–Trinajstić information content (AvgIpc) is 2.83. The van der Waals surface area contributed by atoms with E-state index < -0.39 is 43.2 Å². The van der Waals surface area contributed by atoms with E-state index in [1.54, 1.807) is 0 Å². The second kappa shape index (κ2) is 4.80. The van der Waals surface area contributed by atoms with Crippen molar-refractivity contribution in [2.45, 2.75) is 0 Å². The van der Waals surface area contributed by atoms with Gasteiger partial charge in [0.25, 0.3) is 17.1 Å². The van der Waals surface area contributed by atoms with E-state index in [1.165, 1.54) is 0 Å². The van der Waals surface area contributed by atoms with Crippen molar-refractivity contribution in [1.29, 1.82) is 0 Å². The van der Waals surface area contributed by atoms with Crippen LogP contribution in [0.5, 0.6) is 0 Å². The Morgan fingerprint density at radius 2 is 1.52 bits per heavy atom. The lowest BCUT2D eigenvalue weighted by Gasteiger charge is -2.01. The van der Waals surface area contributed by atoms with Gasteiger partial charge >= 0.3 is 0 Å². The SMILES string of the molecule is Nc1nc(-c2c([N+](=O)[O-])cc([N+](=O)[O-])cc2[N+](=O)[O-])n[nH]1. The van der Waals surface area contributed by atoms with Crippen LogP contribution in [-0.2, 0) is 0 Å². The zero-order valence-electron chi connectivity index (χ0n) is 9.92. The molecule has 0 aliphatic rings. The summed E-state index contributed by atoms with van der Waals surface area (Å²) in [6.45, 7) is 0. The number of aromatic amines is 1. The first-order chi connectivity index (χ1) is 9.81. The molecule has 21 heavy (non-hydrogen) atoms. The Labute approximate surface area is 113 Å². The lowest BCUT2D eigenvalue weighted by molar-refractivity contribution is -0.402. The second-order valence-electron chi connectivity index (χ2n) is 3.67. The van der Waals surface area contributed by atoms with Gasteiger partial charge in [-0.15, -0.1) is 0 Å². The minimum atomic E-state index is -0.998. The molecule has 0 fully saturated rings. The third-order valence-electron chi connectivity index (χ3n) is 2.41. The topological polar surface area (TPSA) is 197 Å². The molecule has 0 amide bonds. The first-order valence-electron chi connectivity index (χ1n) is 5.10. The van der Waals surface area contributed by atoms with E-state index in [4.69, 9.17) is 5.73 Å². The third kappa shape index (κ3) is 2.42. The van der Waals surface area contributed by atoms with Crippen LogP contribution in [0.25, 0.3) is 11.4 Å². The molecular weight excluding hydrogens is 290 g/mol. The zero-order valence-corrected chi connectivity index (χ0v) is 9.92. The number of hydrogen-bond acceptors (Lipinski definition) is 9. The van der Waals surface area contributed by atoms with Gasteiger partial charge in [-0.2, -0.15) is 10.1 Å². The number of nitrogens with one attached hydrogen (secondary N) is 1. The summed E-state index contributed by atoms with van der Waals surface area (Å²) in [6, 6.07) is 1.18. The number of nitrogen functional groups attached to an aromatic ring is 1. The van der Waals surface area contributed by atoms with Crippen molar-refractivity contribution in [1.82, 2.24) is 15.2 Å². The Morgan fingerprint density at radius 3 is 1.86 bits per heavy atom. The average molecular weight is 295 g/mol. The molecule has 0 bridgehead atoms. The molecule has 0 saturated carbocycles. The van der Waals surface area contributed by atoms with Gasteiger partial charge in [-0.3, -0.25) is 30.3 Å². The number of aromatic nitrogens is 3. The molecule has 0 atom stereocenters. The fourth-order valence-electron chi connectivity index (χ4n) is 1.61. The highest BCUT2D eigenvalue weighted by Gasteiger charge is 2.33. The predicted molar refractivity (Wildman–Crippen MR) is 66.2 cm³/mol. The number of hydrogen-bond donors (Lipinski definition) is 2. The molecule has 0 aliphatic carbocycles. The summed E-state index contributed by atoms with van der Waals surface area (Å²) in [5.74, 6) is -0.618. The van der Waals surface area contributed by atoms with Crippen LogP contribution in [-0.4, -0.2) is 30.0 Å². The van der Waals surface area contributed by atoms with E-state index >= 15 is 0 Å². The minimum absolute atomic E-state index is 0.216. The van der Waals surface area contributed by atoms with Crippen LogP contribution >= 0.6 is 0 Å². The minimum Gasteiger partial charge on any atom is -0.368 e. The van der Waals surface area contributed by atoms with Crippen LogP contribution in [0.1, 0.15) is 0 Å². The number of nitrogens with zero attached hydrogens (tertiary/aromatic N) is 5. The predicted octanol–water partition coefficient (Wildman–Crippen LogP) is 0.778. The van der Waals surface area contributed by atoms with E-state index in [2.05, 4.69) is 15.2 Å². The van der Waals surface area contributed by atoms with Gasteiger partial charge in [-0.05, 0) is 0 Å². The molecule has 2 aromatic rings. The third-order valence-corrected chi connectivity index (χ3v) is 2.41. The second-order valence-corrected chi connectivity index (χ2v) is 3.67. The van der Waals surface area contributed by atoms with Crippen LogP contribution in [0.15, 0.2) is 12.1 Å². The number of nitro benzene ring substituents is 3. The van der Waals surface area contributed by atoms with Crippen LogP contribution < -0.4 is 5.73 Å². The van der Waals surface area contributed by atoms with Gasteiger partial charge in [0, 0.05) is 0 Å². The smallest absolute Gasteiger partial charge is 0.294 e. The Bertz CT molecular complexity index is 733. The Hall–Kier alpha value is -3.64. The molecule has 13 nitrogen and oxygen atoms in total. The van der Waals surface area contributed by atoms with Crippen molar-refractivity contribution in [3.05, 3.63) is 42.5 Å². The number of non-ortho nitro benzene ring substituents is 1. The van der Waals surface area contributed by atoms with Crippen molar-refractivity contribution < 1.29 is 14.8 Å². The van der Waals surface area contributed by atoms with Gasteiger partial charge in [0.15, 0.2) is 11.4 Å². The molecule has 108 valence electrons. The van der Waals surface area contributed by atoms with E-state index in [-0.39, 0.29) is 5.95 Å². The Balaban J connectivity index is 2.85.